The molecule has 5 nitrogen and oxygen atoms in total. The van der Waals surface area contributed by atoms with Crippen LogP contribution in [-0.4, -0.2) is 44.2 Å². The van der Waals surface area contributed by atoms with Crippen LogP contribution in [0.5, 0.6) is 11.5 Å². The monoisotopic (exact) mass is 480 g/mol. The van der Waals surface area contributed by atoms with Crippen LogP contribution < -0.4 is 14.8 Å². The van der Waals surface area contributed by atoms with Crippen molar-refractivity contribution in [2.45, 2.75) is 25.4 Å². The van der Waals surface area contributed by atoms with E-state index in [1.54, 1.807) is 20.3 Å². The molecule has 0 bridgehead atoms. The normalized spacial score (nSPS) is 18.1. The number of amides is 1. The van der Waals surface area contributed by atoms with Crippen LogP contribution in [0.1, 0.15) is 35.3 Å². The van der Waals surface area contributed by atoms with Crippen LogP contribution in [0.25, 0.3) is 0 Å². The van der Waals surface area contributed by atoms with Gasteiger partial charge in [0.1, 0.15) is 0 Å². The number of ether oxygens (including phenoxy) is 2. The Balaban J connectivity index is 1.66. The molecular formula is C21H25IN2O3. The third-order valence-corrected chi connectivity index (χ3v) is 5.99. The van der Waals surface area contributed by atoms with E-state index in [0.717, 1.165) is 23.1 Å². The summed E-state index contributed by atoms with van der Waals surface area (Å²) in [5.74, 6) is 1.12. The first kappa shape index (κ1) is 19.9. The van der Waals surface area contributed by atoms with E-state index in [4.69, 9.17) is 9.47 Å². The second-order valence-electron chi connectivity index (χ2n) is 6.73. The zero-order chi connectivity index (χ0) is 19.4. The van der Waals surface area contributed by atoms with Crippen molar-refractivity contribution >= 4 is 28.5 Å². The molecule has 2 atom stereocenters. The number of carbonyl (C=O) groups is 1. The molecule has 1 saturated heterocycles. The average molecular weight is 480 g/mol. The fourth-order valence-electron chi connectivity index (χ4n) is 3.49. The number of nitrogens with one attached hydrogen (secondary N) is 1. The van der Waals surface area contributed by atoms with E-state index in [9.17, 15) is 4.79 Å². The predicted octanol–water partition coefficient (Wildman–Crippen LogP) is 3.87. The van der Waals surface area contributed by atoms with Gasteiger partial charge >= 0.3 is 0 Å². The lowest BCUT2D eigenvalue weighted by Crippen LogP contribution is -2.37. The van der Waals surface area contributed by atoms with E-state index in [0.29, 0.717) is 23.1 Å². The van der Waals surface area contributed by atoms with Crippen LogP contribution in [0.2, 0.25) is 0 Å². The summed E-state index contributed by atoms with van der Waals surface area (Å²) < 4.78 is 11.5. The van der Waals surface area contributed by atoms with Crippen molar-refractivity contribution in [1.29, 1.82) is 0 Å². The first-order valence-corrected chi connectivity index (χ1v) is 10.1. The molecule has 0 radical (unpaired) electrons. The van der Waals surface area contributed by atoms with Crippen LogP contribution in [-0.2, 0) is 0 Å². The molecule has 1 fully saturated rings. The maximum atomic E-state index is 12.8. The zero-order valence-corrected chi connectivity index (χ0v) is 18.0. The Morgan fingerprint density at radius 2 is 1.85 bits per heavy atom. The average Bonchev–Trinajstić information content (AvgIpc) is 3.16. The number of hydrogen-bond donors (Lipinski definition) is 1. The summed E-state index contributed by atoms with van der Waals surface area (Å²) in [6, 6.07) is 14.5. The molecule has 144 valence electrons. The number of benzene rings is 2. The molecule has 1 aliphatic rings. The molecule has 27 heavy (non-hydrogen) atoms. The number of halogens is 1. The highest BCUT2D eigenvalue weighted by molar-refractivity contribution is 14.1. The molecule has 0 saturated carbocycles. The van der Waals surface area contributed by atoms with Gasteiger partial charge in [-0.25, -0.2) is 0 Å². The standard InChI is InChI=1S/C21H25IN2O3/c1-14(15-7-5-4-6-8-15)24-10-9-16(13-24)23-21(25)17-11-19(26-2)20(27-3)12-18(17)22/h4-8,11-12,14,16H,9-10,13H2,1-3H3,(H,23,25). The summed E-state index contributed by atoms with van der Waals surface area (Å²) in [7, 11) is 3.17. The van der Waals surface area contributed by atoms with Crippen LogP contribution in [0.15, 0.2) is 42.5 Å². The lowest BCUT2D eigenvalue weighted by molar-refractivity contribution is 0.0935. The highest BCUT2D eigenvalue weighted by atomic mass is 127. The number of rotatable bonds is 6. The van der Waals surface area contributed by atoms with E-state index < -0.39 is 0 Å². The number of nitrogens with zero attached hydrogens (tertiary/aromatic N) is 1. The Labute approximate surface area is 174 Å². The minimum Gasteiger partial charge on any atom is -0.493 e. The number of carbonyl (C=O) groups excluding carboxylic acids is 1. The molecule has 0 spiro atoms. The quantitative estimate of drug-likeness (QED) is 0.638. The molecule has 0 aliphatic carbocycles. The molecule has 2 aromatic rings. The molecule has 0 aromatic heterocycles. The molecule has 1 heterocycles. The largest absolute Gasteiger partial charge is 0.493 e. The predicted molar refractivity (Wildman–Crippen MR) is 115 cm³/mol. The van der Waals surface area contributed by atoms with Crippen molar-refractivity contribution in [3.05, 3.63) is 57.2 Å². The topological polar surface area (TPSA) is 50.8 Å². The Hall–Kier alpha value is -1.80. The van der Waals surface area contributed by atoms with Gasteiger partial charge in [-0.05, 0) is 53.6 Å². The maximum absolute atomic E-state index is 12.8. The first-order chi connectivity index (χ1) is 13.0. The van der Waals surface area contributed by atoms with Gasteiger partial charge in [0.25, 0.3) is 5.91 Å². The van der Waals surface area contributed by atoms with Crippen molar-refractivity contribution in [3.8, 4) is 11.5 Å². The van der Waals surface area contributed by atoms with Crippen LogP contribution in [0.3, 0.4) is 0 Å². The molecule has 1 amide bonds. The summed E-state index contributed by atoms with van der Waals surface area (Å²) in [6.07, 6.45) is 0.951. The first-order valence-electron chi connectivity index (χ1n) is 9.05. The summed E-state index contributed by atoms with van der Waals surface area (Å²) in [4.78, 5) is 15.2. The van der Waals surface area contributed by atoms with Crippen molar-refractivity contribution in [2.75, 3.05) is 27.3 Å². The number of hydrogen-bond acceptors (Lipinski definition) is 4. The highest BCUT2D eigenvalue weighted by Gasteiger charge is 2.28. The van der Waals surface area contributed by atoms with Gasteiger partial charge < -0.3 is 14.8 Å². The maximum Gasteiger partial charge on any atom is 0.252 e. The summed E-state index contributed by atoms with van der Waals surface area (Å²) in [5, 5.41) is 3.18. The van der Waals surface area contributed by atoms with Gasteiger partial charge in [-0.1, -0.05) is 30.3 Å². The smallest absolute Gasteiger partial charge is 0.252 e. The summed E-state index contributed by atoms with van der Waals surface area (Å²) in [5.41, 5.74) is 1.92. The molecule has 6 heteroatoms. The lowest BCUT2D eigenvalue weighted by atomic mass is 10.1. The van der Waals surface area contributed by atoms with Gasteiger partial charge in [-0.3, -0.25) is 9.69 Å². The number of methoxy groups -OCH3 is 2. The summed E-state index contributed by atoms with van der Waals surface area (Å²) in [6.45, 7) is 4.05. The van der Waals surface area contributed by atoms with Gasteiger partial charge in [0.05, 0.1) is 19.8 Å². The van der Waals surface area contributed by atoms with Crippen LogP contribution in [0, 0.1) is 3.57 Å². The minimum absolute atomic E-state index is 0.0698. The van der Waals surface area contributed by atoms with Gasteiger partial charge in [-0.15, -0.1) is 0 Å². The van der Waals surface area contributed by atoms with Crippen molar-refractivity contribution in [3.63, 3.8) is 0 Å². The Kier molecular flexibility index (Phi) is 6.59. The lowest BCUT2D eigenvalue weighted by Gasteiger charge is -2.25. The third kappa shape index (κ3) is 4.55. The highest BCUT2D eigenvalue weighted by Crippen LogP contribution is 2.31. The molecular weight excluding hydrogens is 455 g/mol. The molecule has 3 rings (SSSR count). The Morgan fingerprint density at radius 1 is 1.19 bits per heavy atom. The van der Waals surface area contributed by atoms with Gasteiger partial charge in [0.15, 0.2) is 11.5 Å². The van der Waals surface area contributed by atoms with Crippen molar-refractivity contribution in [1.82, 2.24) is 10.2 Å². The minimum atomic E-state index is -0.0698. The third-order valence-electron chi connectivity index (χ3n) is 5.10. The second kappa shape index (κ2) is 8.93. The van der Waals surface area contributed by atoms with Crippen LogP contribution >= 0.6 is 22.6 Å². The molecule has 1 aliphatic heterocycles. The Bertz CT molecular complexity index is 798. The molecule has 1 N–H and O–H groups in total. The Morgan fingerprint density at radius 3 is 2.52 bits per heavy atom. The van der Waals surface area contributed by atoms with Gasteiger partial charge in [0, 0.05) is 28.7 Å². The van der Waals surface area contributed by atoms with E-state index in [2.05, 4.69) is 64.0 Å². The van der Waals surface area contributed by atoms with Gasteiger partial charge in [-0.2, -0.15) is 0 Å². The number of likely N-dealkylation sites (tertiary alicyclic amines) is 1. The fraction of sp³-hybridized carbons (Fsp3) is 0.381. The van der Waals surface area contributed by atoms with E-state index in [-0.39, 0.29) is 11.9 Å². The second-order valence-corrected chi connectivity index (χ2v) is 7.89. The molecule has 2 aromatic carbocycles. The van der Waals surface area contributed by atoms with E-state index in [1.165, 1.54) is 5.56 Å². The fourth-order valence-corrected chi connectivity index (χ4v) is 4.17. The van der Waals surface area contributed by atoms with E-state index in [1.807, 2.05) is 12.1 Å². The van der Waals surface area contributed by atoms with Gasteiger partial charge in [0.2, 0.25) is 0 Å². The van der Waals surface area contributed by atoms with Crippen LogP contribution in [0.4, 0.5) is 0 Å². The summed E-state index contributed by atoms with van der Waals surface area (Å²) >= 11 is 2.16. The molecule has 2 unspecified atom stereocenters. The van der Waals surface area contributed by atoms with Crippen molar-refractivity contribution in [2.24, 2.45) is 0 Å². The van der Waals surface area contributed by atoms with Crippen molar-refractivity contribution < 1.29 is 14.3 Å². The van der Waals surface area contributed by atoms with E-state index >= 15 is 0 Å². The SMILES string of the molecule is COc1cc(I)c(C(=O)NC2CCN(C(C)c3ccccc3)C2)cc1OC. The zero-order valence-electron chi connectivity index (χ0n) is 15.9.